The van der Waals surface area contributed by atoms with Gasteiger partial charge in [0.05, 0.1) is 18.8 Å². The largest absolute Gasteiger partial charge is 0.378 e. The second-order valence-electron chi connectivity index (χ2n) is 4.63. The van der Waals surface area contributed by atoms with E-state index >= 15 is 0 Å². The first-order valence-corrected chi connectivity index (χ1v) is 6.53. The lowest BCUT2D eigenvalue weighted by Crippen LogP contribution is -2.36. The summed E-state index contributed by atoms with van der Waals surface area (Å²) in [7, 11) is 0. The van der Waals surface area contributed by atoms with Gasteiger partial charge in [-0.2, -0.15) is 5.10 Å². The molecule has 0 saturated carbocycles. The number of aromatic nitrogens is 2. The summed E-state index contributed by atoms with van der Waals surface area (Å²) in [6.45, 7) is 2.86. The first kappa shape index (κ1) is 12.7. The summed E-state index contributed by atoms with van der Waals surface area (Å²) in [4.78, 5) is 13.7. The van der Waals surface area contributed by atoms with Crippen LogP contribution in [0.15, 0.2) is 30.3 Å². The van der Waals surface area contributed by atoms with E-state index in [2.05, 4.69) is 15.1 Å². The van der Waals surface area contributed by atoms with Crippen LogP contribution in [-0.2, 0) is 4.74 Å². The zero-order chi connectivity index (χ0) is 13.9. The Bertz CT molecular complexity index is 603. The van der Waals surface area contributed by atoms with Crippen molar-refractivity contribution in [1.29, 1.82) is 0 Å². The summed E-state index contributed by atoms with van der Waals surface area (Å²) in [6.07, 6.45) is 0. The van der Waals surface area contributed by atoms with Crippen molar-refractivity contribution in [3.63, 3.8) is 0 Å². The summed E-state index contributed by atoms with van der Waals surface area (Å²) in [5.74, 6) is 0.299. The van der Waals surface area contributed by atoms with Gasteiger partial charge in [0, 0.05) is 13.1 Å². The number of primary amides is 1. The Balaban J connectivity index is 2.08. The molecule has 0 atom stereocenters. The van der Waals surface area contributed by atoms with E-state index in [1.165, 1.54) is 0 Å². The number of nitrogens with zero attached hydrogens (tertiary/aromatic N) is 2. The van der Waals surface area contributed by atoms with Crippen molar-refractivity contribution in [3.05, 3.63) is 36.0 Å². The molecular weight excluding hydrogens is 256 g/mol. The van der Waals surface area contributed by atoms with Crippen LogP contribution >= 0.6 is 0 Å². The Morgan fingerprint density at radius 3 is 2.60 bits per heavy atom. The van der Waals surface area contributed by atoms with Crippen molar-refractivity contribution in [2.45, 2.75) is 0 Å². The summed E-state index contributed by atoms with van der Waals surface area (Å²) < 4.78 is 5.35. The van der Waals surface area contributed by atoms with Gasteiger partial charge in [0.1, 0.15) is 5.82 Å². The third-order valence-electron chi connectivity index (χ3n) is 3.37. The molecule has 0 bridgehead atoms. The highest BCUT2D eigenvalue weighted by atomic mass is 16.5. The number of nitrogens with one attached hydrogen (secondary N) is 1. The average molecular weight is 272 g/mol. The van der Waals surface area contributed by atoms with Crippen molar-refractivity contribution in [1.82, 2.24) is 10.2 Å². The second-order valence-corrected chi connectivity index (χ2v) is 4.63. The lowest BCUT2D eigenvalue weighted by molar-refractivity contribution is 0.0996. The first-order chi connectivity index (χ1) is 9.77. The maximum absolute atomic E-state index is 11.6. The number of anilines is 1. The van der Waals surface area contributed by atoms with Gasteiger partial charge in [-0.3, -0.25) is 9.89 Å². The fourth-order valence-corrected chi connectivity index (χ4v) is 2.41. The maximum atomic E-state index is 11.6. The Kier molecular flexibility index (Phi) is 3.39. The molecule has 104 valence electrons. The highest BCUT2D eigenvalue weighted by Crippen LogP contribution is 2.32. The number of nitrogens with two attached hydrogens (primary N) is 1. The van der Waals surface area contributed by atoms with Gasteiger partial charge < -0.3 is 15.4 Å². The van der Waals surface area contributed by atoms with Gasteiger partial charge in [-0.1, -0.05) is 30.3 Å². The molecule has 0 spiro atoms. The Labute approximate surface area is 116 Å². The first-order valence-electron chi connectivity index (χ1n) is 6.53. The normalized spacial score (nSPS) is 15.3. The standard InChI is InChI=1S/C14H16N4O2/c15-13(19)12-11(10-4-2-1-3-5-10)14(17-16-12)18-6-8-20-9-7-18/h1-5H,6-9H2,(H2,15,19)(H,16,17). The molecule has 1 aromatic heterocycles. The zero-order valence-electron chi connectivity index (χ0n) is 11.0. The van der Waals surface area contributed by atoms with Crippen LogP contribution < -0.4 is 10.6 Å². The number of carbonyl (C=O) groups is 1. The quantitative estimate of drug-likeness (QED) is 0.873. The van der Waals surface area contributed by atoms with E-state index < -0.39 is 5.91 Å². The number of morpholine rings is 1. The van der Waals surface area contributed by atoms with E-state index in [9.17, 15) is 4.79 Å². The number of aromatic amines is 1. The molecule has 1 fully saturated rings. The number of ether oxygens (including phenoxy) is 1. The molecule has 3 rings (SSSR count). The summed E-state index contributed by atoms with van der Waals surface area (Å²) in [6, 6.07) is 9.68. The van der Waals surface area contributed by atoms with Crippen LogP contribution in [-0.4, -0.2) is 42.4 Å². The van der Waals surface area contributed by atoms with Crippen molar-refractivity contribution in [3.8, 4) is 11.1 Å². The van der Waals surface area contributed by atoms with Crippen molar-refractivity contribution in [2.75, 3.05) is 31.2 Å². The molecule has 0 aliphatic carbocycles. The Hall–Kier alpha value is -2.34. The van der Waals surface area contributed by atoms with Crippen LogP contribution in [0.2, 0.25) is 0 Å². The SMILES string of the molecule is NC(=O)c1n[nH]c(N2CCOCC2)c1-c1ccccc1. The molecule has 0 unspecified atom stereocenters. The topological polar surface area (TPSA) is 84.2 Å². The van der Waals surface area contributed by atoms with Crippen LogP contribution in [0.25, 0.3) is 11.1 Å². The maximum Gasteiger partial charge on any atom is 0.269 e. The molecule has 2 aromatic rings. The van der Waals surface area contributed by atoms with Crippen molar-refractivity contribution < 1.29 is 9.53 Å². The van der Waals surface area contributed by atoms with Gasteiger partial charge in [-0.05, 0) is 5.56 Å². The number of H-pyrrole nitrogens is 1. The second kappa shape index (κ2) is 5.34. The van der Waals surface area contributed by atoms with Crippen LogP contribution in [0.3, 0.4) is 0 Å². The molecule has 1 aliphatic rings. The monoisotopic (exact) mass is 272 g/mol. The van der Waals surface area contributed by atoms with E-state index in [-0.39, 0.29) is 5.69 Å². The molecule has 0 radical (unpaired) electrons. The predicted molar refractivity (Wildman–Crippen MR) is 75.6 cm³/mol. The van der Waals surface area contributed by atoms with Gasteiger partial charge >= 0.3 is 0 Å². The minimum atomic E-state index is -0.528. The third kappa shape index (κ3) is 2.25. The predicted octanol–water partition coefficient (Wildman–Crippen LogP) is 1.01. The lowest BCUT2D eigenvalue weighted by Gasteiger charge is -2.28. The van der Waals surface area contributed by atoms with Gasteiger partial charge in [0.25, 0.3) is 5.91 Å². The van der Waals surface area contributed by atoms with E-state index in [4.69, 9.17) is 10.5 Å². The fraction of sp³-hybridized carbons (Fsp3) is 0.286. The van der Waals surface area contributed by atoms with Crippen molar-refractivity contribution in [2.24, 2.45) is 5.73 Å². The molecule has 3 N–H and O–H groups in total. The van der Waals surface area contributed by atoms with Crippen LogP contribution in [0, 0.1) is 0 Å². The third-order valence-corrected chi connectivity index (χ3v) is 3.37. The number of hydrogen-bond acceptors (Lipinski definition) is 4. The number of amides is 1. The summed E-state index contributed by atoms with van der Waals surface area (Å²) in [5, 5.41) is 7.03. The minimum Gasteiger partial charge on any atom is -0.378 e. The average Bonchev–Trinajstić information content (AvgIpc) is 2.94. The highest BCUT2D eigenvalue weighted by Gasteiger charge is 2.23. The molecule has 20 heavy (non-hydrogen) atoms. The van der Waals surface area contributed by atoms with Gasteiger partial charge in [-0.15, -0.1) is 0 Å². The smallest absolute Gasteiger partial charge is 0.269 e. The number of benzene rings is 1. The van der Waals surface area contributed by atoms with Crippen LogP contribution in [0.1, 0.15) is 10.5 Å². The lowest BCUT2D eigenvalue weighted by atomic mass is 10.0. The molecule has 1 saturated heterocycles. The molecular formula is C14H16N4O2. The van der Waals surface area contributed by atoms with Gasteiger partial charge in [0.2, 0.25) is 0 Å². The van der Waals surface area contributed by atoms with E-state index in [0.29, 0.717) is 13.2 Å². The van der Waals surface area contributed by atoms with E-state index in [1.54, 1.807) is 0 Å². The van der Waals surface area contributed by atoms with Crippen molar-refractivity contribution >= 4 is 11.7 Å². The number of hydrogen-bond donors (Lipinski definition) is 2. The number of rotatable bonds is 3. The highest BCUT2D eigenvalue weighted by molar-refractivity contribution is 6.01. The molecule has 1 aromatic carbocycles. The van der Waals surface area contributed by atoms with E-state index in [0.717, 1.165) is 30.0 Å². The van der Waals surface area contributed by atoms with Crippen LogP contribution in [0.5, 0.6) is 0 Å². The molecule has 6 heteroatoms. The number of carbonyl (C=O) groups excluding carboxylic acids is 1. The fourth-order valence-electron chi connectivity index (χ4n) is 2.41. The molecule has 6 nitrogen and oxygen atoms in total. The molecule has 2 heterocycles. The molecule has 1 aliphatic heterocycles. The minimum absolute atomic E-state index is 0.276. The Morgan fingerprint density at radius 2 is 1.95 bits per heavy atom. The summed E-state index contributed by atoms with van der Waals surface area (Å²) in [5.41, 5.74) is 7.40. The Morgan fingerprint density at radius 1 is 1.25 bits per heavy atom. The van der Waals surface area contributed by atoms with Gasteiger partial charge in [-0.25, -0.2) is 0 Å². The zero-order valence-corrected chi connectivity index (χ0v) is 11.0. The van der Waals surface area contributed by atoms with Crippen LogP contribution in [0.4, 0.5) is 5.82 Å². The summed E-state index contributed by atoms with van der Waals surface area (Å²) >= 11 is 0. The van der Waals surface area contributed by atoms with Gasteiger partial charge in [0.15, 0.2) is 5.69 Å². The van der Waals surface area contributed by atoms with E-state index in [1.807, 2.05) is 30.3 Å². The molecule has 1 amide bonds.